The zero-order valence-corrected chi connectivity index (χ0v) is 12.1. The Hall–Kier alpha value is -1.78. The van der Waals surface area contributed by atoms with Crippen LogP contribution in [0.4, 0.5) is 5.69 Å². The maximum absolute atomic E-state index is 11.9. The molecule has 1 heterocycles. The number of nitrogens with two attached hydrogens (primary N) is 1. The van der Waals surface area contributed by atoms with Gasteiger partial charge in [0.1, 0.15) is 11.7 Å². The SMILES string of the molecule is CCOC(=O)c1cc(N)cnc1OC1CCCCC1C. The van der Waals surface area contributed by atoms with E-state index >= 15 is 0 Å². The molecule has 0 aromatic carbocycles. The smallest absolute Gasteiger partial charge is 0.343 e. The average molecular weight is 278 g/mol. The maximum Gasteiger partial charge on any atom is 0.343 e. The maximum atomic E-state index is 11.9. The van der Waals surface area contributed by atoms with Gasteiger partial charge in [-0.15, -0.1) is 0 Å². The number of hydrogen-bond donors (Lipinski definition) is 1. The van der Waals surface area contributed by atoms with Crippen LogP contribution in [0.5, 0.6) is 5.88 Å². The molecule has 2 rings (SSSR count). The Balaban J connectivity index is 2.19. The molecule has 0 amide bonds. The van der Waals surface area contributed by atoms with Gasteiger partial charge in [0, 0.05) is 0 Å². The highest BCUT2D eigenvalue weighted by molar-refractivity contribution is 5.92. The van der Waals surface area contributed by atoms with Gasteiger partial charge >= 0.3 is 5.97 Å². The van der Waals surface area contributed by atoms with E-state index in [1.165, 1.54) is 12.6 Å². The van der Waals surface area contributed by atoms with E-state index in [-0.39, 0.29) is 6.10 Å². The number of carbonyl (C=O) groups is 1. The molecule has 1 saturated carbocycles. The van der Waals surface area contributed by atoms with Crippen molar-refractivity contribution >= 4 is 11.7 Å². The van der Waals surface area contributed by atoms with Crippen molar-refractivity contribution in [3.05, 3.63) is 17.8 Å². The summed E-state index contributed by atoms with van der Waals surface area (Å²) in [4.78, 5) is 16.1. The van der Waals surface area contributed by atoms with Gasteiger partial charge in [-0.05, 0) is 38.2 Å². The first-order valence-corrected chi connectivity index (χ1v) is 7.21. The summed E-state index contributed by atoms with van der Waals surface area (Å²) in [6.45, 7) is 4.25. The molecule has 1 aliphatic rings. The number of pyridine rings is 1. The number of anilines is 1. The van der Waals surface area contributed by atoms with E-state index in [0.29, 0.717) is 29.7 Å². The number of ether oxygens (including phenoxy) is 2. The summed E-state index contributed by atoms with van der Waals surface area (Å²) in [6, 6.07) is 1.56. The number of carbonyl (C=O) groups excluding carboxylic acids is 1. The van der Waals surface area contributed by atoms with Gasteiger partial charge in [-0.1, -0.05) is 13.3 Å². The first-order valence-electron chi connectivity index (χ1n) is 7.21. The molecule has 1 fully saturated rings. The average Bonchev–Trinajstić information content (AvgIpc) is 2.43. The molecule has 1 aromatic rings. The third kappa shape index (κ3) is 3.40. The summed E-state index contributed by atoms with van der Waals surface area (Å²) in [7, 11) is 0. The first-order chi connectivity index (χ1) is 9.61. The predicted molar refractivity (Wildman–Crippen MR) is 76.7 cm³/mol. The molecule has 5 nitrogen and oxygen atoms in total. The summed E-state index contributed by atoms with van der Waals surface area (Å²) < 4.78 is 11.0. The second-order valence-corrected chi connectivity index (χ2v) is 5.26. The van der Waals surface area contributed by atoms with E-state index in [4.69, 9.17) is 15.2 Å². The molecule has 5 heteroatoms. The summed E-state index contributed by atoms with van der Waals surface area (Å²) in [6.07, 6.45) is 6.14. The number of aromatic nitrogens is 1. The van der Waals surface area contributed by atoms with E-state index in [9.17, 15) is 4.79 Å². The van der Waals surface area contributed by atoms with Crippen LogP contribution in [0.25, 0.3) is 0 Å². The lowest BCUT2D eigenvalue weighted by Crippen LogP contribution is -2.29. The molecule has 0 radical (unpaired) electrons. The summed E-state index contributed by atoms with van der Waals surface area (Å²) >= 11 is 0. The van der Waals surface area contributed by atoms with Crippen LogP contribution in [0, 0.1) is 5.92 Å². The van der Waals surface area contributed by atoms with Gasteiger partial charge < -0.3 is 15.2 Å². The van der Waals surface area contributed by atoms with Crippen molar-refractivity contribution < 1.29 is 14.3 Å². The summed E-state index contributed by atoms with van der Waals surface area (Å²) in [5.74, 6) is 0.361. The standard InChI is InChI=1S/C15H22N2O3/c1-3-19-15(18)12-8-11(16)9-17-14(12)20-13-7-5-4-6-10(13)2/h8-10,13H,3-7,16H2,1-2H3. The number of esters is 1. The van der Waals surface area contributed by atoms with Crippen LogP contribution >= 0.6 is 0 Å². The second-order valence-electron chi connectivity index (χ2n) is 5.26. The third-order valence-corrected chi connectivity index (χ3v) is 3.66. The molecule has 1 aromatic heterocycles. The second kappa shape index (κ2) is 6.59. The van der Waals surface area contributed by atoms with Crippen molar-refractivity contribution in [3.8, 4) is 5.88 Å². The number of nitrogens with zero attached hydrogens (tertiary/aromatic N) is 1. The molecule has 2 N–H and O–H groups in total. The molecular formula is C15H22N2O3. The molecule has 2 atom stereocenters. The van der Waals surface area contributed by atoms with E-state index in [0.717, 1.165) is 19.3 Å². The normalized spacial score (nSPS) is 22.3. The van der Waals surface area contributed by atoms with Crippen molar-refractivity contribution in [1.82, 2.24) is 4.98 Å². The van der Waals surface area contributed by atoms with Crippen LogP contribution in [0.1, 0.15) is 49.9 Å². The Morgan fingerprint density at radius 3 is 2.90 bits per heavy atom. The minimum Gasteiger partial charge on any atom is -0.473 e. The Morgan fingerprint density at radius 2 is 2.20 bits per heavy atom. The first kappa shape index (κ1) is 14.6. The number of hydrogen-bond acceptors (Lipinski definition) is 5. The fourth-order valence-corrected chi connectivity index (χ4v) is 2.52. The molecule has 1 aliphatic carbocycles. The number of rotatable bonds is 4. The van der Waals surface area contributed by atoms with E-state index in [2.05, 4.69) is 11.9 Å². The number of nitrogen functional groups attached to an aromatic ring is 1. The van der Waals surface area contributed by atoms with Gasteiger partial charge in [0.2, 0.25) is 5.88 Å². The van der Waals surface area contributed by atoms with Gasteiger partial charge in [0.25, 0.3) is 0 Å². The van der Waals surface area contributed by atoms with Crippen molar-refractivity contribution in [2.75, 3.05) is 12.3 Å². The van der Waals surface area contributed by atoms with Crippen LogP contribution in [0.3, 0.4) is 0 Å². The van der Waals surface area contributed by atoms with Gasteiger partial charge in [-0.2, -0.15) is 0 Å². The van der Waals surface area contributed by atoms with Crippen LogP contribution in [0.15, 0.2) is 12.3 Å². The minimum atomic E-state index is -0.439. The Bertz CT molecular complexity index is 476. The molecule has 0 aliphatic heterocycles. The van der Waals surface area contributed by atoms with Crippen molar-refractivity contribution in [2.45, 2.75) is 45.6 Å². The molecule has 2 unspecified atom stereocenters. The fraction of sp³-hybridized carbons (Fsp3) is 0.600. The molecule has 20 heavy (non-hydrogen) atoms. The van der Waals surface area contributed by atoms with E-state index in [1.54, 1.807) is 13.0 Å². The fourth-order valence-electron chi connectivity index (χ4n) is 2.52. The Labute approximate surface area is 119 Å². The highest BCUT2D eigenvalue weighted by atomic mass is 16.5. The monoisotopic (exact) mass is 278 g/mol. The predicted octanol–water partition coefficient (Wildman–Crippen LogP) is 2.80. The minimum absolute atomic E-state index is 0.105. The highest BCUT2D eigenvalue weighted by Crippen LogP contribution is 2.29. The lowest BCUT2D eigenvalue weighted by molar-refractivity contribution is 0.0505. The van der Waals surface area contributed by atoms with Crippen molar-refractivity contribution in [1.29, 1.82) is 0 Å². The third-order valence-electron chi connectivity index (χ3n) is 3.66. The molecule has 0 saturated heterocycles. The molecule has 110 valence electrons. The van der Waals surface area contributed by atoms with Gasteiger partial charge in [0.15, 0.2) is 0 Å². The highest BCUT2D eigenvalue weighted by Gasteiger charge is 2.26. The Morgan fingerprint density at radius 1 is 1.45 bits per heavy atom. The van der Waals surface area contributed by atoms with E-state index < -0.39 is 5.97 Å². The largest absolute Gasteiger partial charge is 0.473 e. The molecular weight excluding hydrogens is 256 g/mol. The lowest BCUT2D eigenvalue weighted by Gasteiger charge is -2.29. The topological polar surface area (TPSA) is 74.4 Å². The van der Waals surface area contributed by atoms with Gasteiger partial charge in [0.05, 0.1) is 18.5 Å². The van der Waals surface area contributed by atoms with Crippen molar-refractivity contribution in [2.24, 2.45) is 5.92 Å². The van der Waals surface area contributed by atoms with Crippen LogP contribution in [-0.4, -0.2) is 23.7 Å². The zero-order chi connectivity index (χ0) is 14.5. The van der Waals surface area contributed by atoms with Gasteiger partial charge in [-0.25, -0.2) is 9.78 Å². The van der Waals surface area contributed by atoms with Crippen LogP contribution in [-0.2, 0) is 4.74 Å². The quantitative estimate of drug-likeness (QED) is 0.857. The summed E-state index contributed by atoms with van der Waals surface area (Å²) in [5, 5.41) is 0. The van der Waals surface area contributed by atoms with Crippen LogP contribution < -0.4 is 10.5 Å². The van der Waals surface area contributed by atoms with Gasteiger partial charge in [-0.3, -0.25) is 0 Å². The molecule has 0 bridgehead atoms. The summed E-state index contributed by atoms with van der Waals surface area (Å²) in [5.41, 5.74) is 6.43. The van der Waals surface area contributed by atoms with Crippen LogP contribution in [0.2, 0.25) is 0 Å². The lowest BCUT2D eigenvalue weighted by atomic mass is 9.88. The zero-order valence-electron chi connectivity index (χ0n) is 12.1. The molecule has 0 spiro atoms. The van der Waals surface area contributed by atoms with E-state index in [1.807, 2.05) is 0 Å². The van der Waals surface area contributed by atoms with Crippen molar-refractivity contribution in [3.63, 3.8) is 0 Å². The Kier molecular flexibility index (Phi) is 4.82.